The van der Waals surface area contributed by atoms with Gasteiger partial charge in [0.05, 0.1) is 41.7 Å². The van der Waals surface area contributed by atoms with Crippen LogP contribution in [0.4, 0.5) is 27.8 Å². The Morgan fingerprint density at radius 1 is 0.983 bits per heavy atom. The fourth-order valence-corrected chi connectivity index (χ4v) is 8.42. The number of anilines is 1. The average molecular weight is 821 g/mol. The van der Waals surface area contributed by atoms with E-state index < -0.39 is 23.5 Å². The normalized spacial score (nSPS) is 17.8. The fraction of sp³-hybridized carbons (Fsp3) is 0.465. The van der Waals surface area contributed by atoms with Crippen molar-refractivity contribution in [2.45, 2.75) is 84.0 Å². The number of hydrogen-bond donors (Lipinski definition) is 2. The maximum atomic E-state index is 16.9. The number of fused-ring (bicyclic) bond motifs is 4. The number of terminal acetylenes is 1. The fourth-order valence-electron chi connectivity index (χ4n) is 8.42. The molecule has 7 heterocycles. The van der Waals surface area contributed by atoms with Crippen molar-refractivity contribution in [3.05, 3.63) is 65.2 Å². The van der Waals surface area contributed by atoms with Crippen LogP contribution in [0.2, 0.25) is 0 Å². The number of nitrogens with one attached hydrogen (secondary N) is 1. The molecule has 3 saturated heterocycles. The Bertz CT molecular complexity index is 2310. The van der Waals surface area contributed by atoms with Crippen molar-refractivity contribution in [1.82, 2.24) is 35.1 Å². The van der Waals surface area contributed by atoms with Crippen molar-refractivity contribution in [3.8, 4) is 41.2 Å². The summed E-state index contributed by atoms with van der Waals surface area (Å²) in [4.78, 5) is 25.7. The Hall–Kier alpha value is -5.40. The largest absolute Gasteiger partial charge is 0.508 e. The second kappa shape index (κ2) is 18.3. The summed E-state index contributed by atoms with van der Waals surface area (Å²) < 4.78 is 78.3. The van der Waals surface area contributed by atoms with E-state index in [2.05, 4.69) is 35.7 Å². The van der Waals surface area contributed by atoms with E-state index in [1.54, 1.807) is 0 Å². The smallest absolute Gasteiger partial charge is 0.434 e. The molecule has 3 fully saturated rings. The highest BCUT2D eigenvalue weighted by atomic mass is 19.4. The summed E-state index contributed by atoms with van der Waals surface area (Å²) in [6.07, 6.45) is 8.60. The van der Waals surface area contributed by atoms with Gasteiger partial charge >= 0.3 is 12.2 Å². The first kappa shape index (κ1) is 43.2. The number of alkyl halides is 3. The number of aromatic hydroxyl groups is 1. The Morgan fingerprint density at radius 3 is 2.39 bits per heavy atom. The van der Waals surface area contributed by atoms with E-state index in [0.29, 0.717) is 46.9 Å². The van der Waals surface area contributed by atoms with Crippen molar-refractivity contribution < 1.29 is 36.5 Å². The molecule has 3 aromatic heterocycles. The summed E-state index contributed by atoms with van der Waals surface area (Å²) in [6, 6.07) is 5.95. The van der Waals surface area contributed by atoms with Gasteiger partial charge in [-0.3, -0.25) is 4.90 Å². The maximum Gasteiger partial charge on any atom is 0.434 e. The number of hydrogen-bond acceptors (Lipinski definition) is 11. The Balaban J connectivity index is 0.000000312. The highest BCUT2D eigenvalue weighted by Gasteiger charge is 2.45. The highest BCUT2D eigenvalue weighted by molar-refractivity contribution is 6.03. The maximum absolute atomic E-state index is 16.9. The molecule has 0 aliphatic carbocycles. The van der Waals surface area contributed by atoms with Crippen molar-refractivity contribution >= 4 is 27.5 Å². The van der Waals surface area contributed by atoms with Gasteiger partial charge in [0.15, 0.2) is 11.5 Å². The zero-order chi connectivity index (χ0) is 42.5. The summed E-state index contributed by atoms with van der Waals surface area (Å²) in [6.45, 7) is 12.9. The summed E-state index contributed by atoms with van der Waals surface area (Å²) >= 11 is 0. The van der Waals surface area contributed by atoms with E-state index in [9.17, 15) is 22.7 Å². The SMILES string of the molecule is C#Cc1c(F)ccc2cc(O)cc(-c3nc4c5c(nc(OCC67CCCN6CCC7)nc5c3F)N3CCNCC3CC4)c12.CC.CC.COc1cnc(C(F)(F)F)cn1. The van der Waals surface area contributed by atoms with Gasteiger partial charge in [0.1, 0.15) is 35.2 Å². The Labute approximate surface area is 340 Å². The average Bonchev–Trinajstić information content (AvgIpc) is 3.80. The van der Waals surface area contributed by atoms with E-state index in [1.165, 1.54) is 31.4 Å². The summed E-state index contributed by atoms with van der Waals surface area (Å²) in [7, 11) is 1.30. The van der Waals surface area contributed by atoms with E-state index in [-0.39, 0.29) is 51.6 Å². The molecule has 0 spiro atoms. The molecule has 16 heteroatoms. The van der Waals surface area contributed by atoms with Gasteiger partial charge in [0.2, 0.25) is 5.88 Å². The number of piperazine rings is 1. The van der Waals surface area contributed by atoms with Gasteiger partial charge in [-0.05, 0) is 75.2 Å². The molecule has 4 aliphatic rings. The van der Waals surface area contributed by atoms with E-state index in [0.717, 1.165) is 71.0 Å². The third-order valence-corrected chi connectivity index (χ3v) is 11.0. The number of benzene rings is 2. The van der Waals surface area contributed by atoms with Gasteiger partial charge in [-0.15, -0.1) is 6.42 Å². The molecule has 1 unspecified atom stereocenters. The third-order valence-electron chi connectivity index (χ3n) is 11.0. The minimum absolute atomic E-state index is 0.00722. The highest BCUT2D eigenvalue weighted by Crippen LogP contribution is 2.43. The lowest BCUT2D eigenvalue weighted by Crippen LogP contribution is -2.51. The lowest BCUT2D eigenvalue weighted by atomic mass is 9.95. The number of nitrogens with zero attached hydrogens (tertiary/aromatic N) is 7. The summed E-state index contributed by atoms with van der Waals surface area (Å²) in [5, 5.41) is 15.5. The molecule has 5 aromatic rings. The summed E-state index contributed by atoms with van der Waals surface area (Å²) in [5.41, 5.74) is -0.0926. The van der Waals surface area contributed by atoms with Crippen molar-refractivity contribution in [1.29, 1.82) is 0 Å². The van der Waals surface area contributed by atoms with Crippen LogP contribution in [0.3, 0.4) is 0 Å². The van der Waals surface area contributed by atoms with Crippen LogP contribution >= 0.6 is 0 Å². The molecule has 314 valence electrons. The number of phenols is 1. The van der Waals surface area contributed by atoms with Gasteiger partial charge < -0.3 is 24.8 Å². The first-order valence-corrected chi connectivity index (χ1v) is 20.1. The van der Waals surface area contributed by atoms with E-state index >= 15 is 4.39 Å². The number of phenolic OH excluding ortho intramolecular Hbond substituents is 1. The van der Waals surface area contributed by atoms with E-state index in [4.69, 9.17) is 26.1 Å². The second-order valence-electron chi connectivity index (χ2n) is 14.2. The van der Waals surface area contributed by atoms with Crippen molar-refractivity contribution in [2.75, 3.05) is 51.3 Å². The van der Waals surface area contributed by atoms with Gasteiger partial charge in [0.25, 0.3) is 0 Å². The lowest BCUT2D eigenvalue weighted by molar-refractivity contribution is -0.141. The van der Waals surface area contributed by atoms with Crippen LogP contribution < -0.4 is 19.7 Å². The van der Waals surface area contributed by atoms with Gasteiger partial charge in [-0.25, -0.2) is 23.7 Å². The third kappa shape index (κ3) is 8.54. The zero-order valence-electron chi connectivity index (χ0n) is 33.9. The molecule has 9 rings (SSSR count). The molecule has 11 nitrogen and oxygen atoms in total. The minimum atomic E-state index is -4.45. The molecule has 4 aliphatic heterocycles. The number of methoxy groups -OCH3 is 1. The molecule has 0 amide bonds. The van der Waals surface area contributed by atoms with Crippen LogP contribution in [0, 0.1) is 24.0 Å². The standard InChI is InChI=1S/C33H32F2N6O2.C6H5F3N2O.2C2H6/c1-2-22-24(34)7-5-19-15-21(42)16-23(26(19)22)29-28(35)30-27-25(37-29)8-6-20-17-36-11-14-41(20)31(27)39-32(38-30)43-18-33-9-3-12-40(33)13-4-10-33;1-12-5-3-10-4(2-11-5)6(7,8)9;2*1-2/h1,5,7,15-16,20,36,42H,3-4,6,8-14,17-18H2;2-3H,1H3;2*1-2H3. The molecular weight excluding hydrogens is 772 g/mol. The van der Waals surface area contributed by atoms with Crippen LogP contribution in [0.5, 0.6) is 17.6 Å². The first-order chi connectivity index (χ1) is 28.5. The van der Waals surface area contributed by atoms with Crippen molar-refractivity contribution in [3.63, 3.8) is 0 Å². The minimum Gasteiger partial charge on any atom is -0.508 e. The number of ether oxygens (including phenoxy) is 2. The second-order valence-corrected chi connectivity index (χ2v) is 14.2. The molecule has 0 saturated carbocycles. The number of pyridine rings is 1. The zero-order valence-corrected chi connectivity index (χ0v) is 33.9. The van der Waals surface area contributed by atoms with Gasteiger partial charge in [0, 0.05) is 36.6 Å². The topological polar surface area (TPSA) is 122 Å². The predicted molar refractivity (Wildman–Crippen MR) is 217 cm³/mol. The summed E-state index contributed by atoms with van der Waals surface area (Å²) in [5.74, 6) is 1.74. The van der Waals surface area contributed by atoms with Gasteiger partial charge in [-0.1, -0.05) is 39.7 Å². The molecular formula is C43H49F5N8O3. The number of halogens is 5. The predicted octanol–water partition coefficient (Wildman–Crippen LogP) is 8.10. The lowest BCUT2D eigenvalue weighted by Gasteiger charge is -2.36. The number of aromatic nitrogens is 5. The number of aryl methyl sites for hydroxylation is 1. The van der Waals surface area contributed by atoms with Crippen LogP contribution in [0.25, 0.3) is 32.9 Å². The van der Waals surface area contributed by atoms with Crippen molar-refractivity contribution in [2.24, 2.45) is 0 Å². The Morgan fingerprint density at radius 2 is 1.73 bits per heavy atom. The molecule has 2 aromatic carbocycles. The molecule has 0 bridgehead atoms. The van der Waals surface area contributed by atoms with Gasteiger partial charge in [-0.2, -0.15) is 23.1 Å². The monoisotopic (exact) mass is 820 g/mol. The quantitative estimate of drug-likeness (QED) is 0.132. The number of rotatable bonds is 5. The van der Waals surface area contributed by atoms with Crippen LogP contribution in [0.1, 0.15) is 76.8 Å². The van der Waals surface area contributed by atoms with Crippen LogP contribution in [0.15, 0.2) is 36.7 Å². The van der Waals surface area contributed by atoms with Crippen LogP contribution in [-0.4, -0.2) is 92.9 Å². The molecule has 1 atom stereocenters. The van der Waals surface area contributed by atoms with E-state index in [1.807, 2.05) is 27.7 Å². The molecule has 2 N–H and O–H groups in total. The first-order valence-electron chi connectivity index (χ1n) is 20.1. The Kier molecular flexibility index (Phi) is 13.4. The van der Waals surface area contributed by atoms with Crippen LogP contribution in [-0.2, 0) is 12.6 Å². The molecule has 0 radical (unpaired) electrons. The molecule has 59 heavy (non-hydrogen) atoms.